The van der Waals surface area contributed by atoms with Gasteiger partial charge in [-0.2, -0.15) is 5.10 Å². The topological polar surface area (TPSA) is 63.8 Å². The number of benzene rings is 2. The van der Waals surface area contributed by atoms with Crippen LogP contribution in [-0.2, 0) is 6.54 Å². The van der Waals surface area contributed by atoms with Gasteiger partial charge in [-0.25, -0.2) is 4.98 Å². The summed E-state index contributed by atoms with van der Waals surface area (Å²) in [6, 6.07) is 24.7. The molecule has 5 heteroatoms. The average Bonchev–Trinajstić information content (AvgIpc) is 3.26. The highest BCUT2D eigenvalue weighted by atomic mass is 16.3. The second kappa shape index (κ2) is 8.50. The number of rotatable bonds is 6. The first-order chi connectivity index (χ1) is 15.3. The number of hydrogen-bond acceptors (Lipinski definition) is 4. The Labute approximate surface area is 180 Å². The minimum atomic E-state index is 0.132. The first-order valence-corrected chi connectivity index (χ1v) is 10.4. The van der Waals surface area contributed by atoms with Gasteiger partial charge < -0.3 is 5.11 Å². The zero-order chi connectivity index (χ0) is 21.0. The molecule has 0 spiro atoms. The van der Waals surface area contributed by atoms with E-state index in [1.54, 1.807) is 0 Å². The molecule has 3 heterocycles. The molecule has 0 atom stereocenters. The molecule has 0 fully saturated rings. The van der Waals surface area contributed by atoms with Crippen LogP contribution in [-0.4, -0.2) is 31.5 Å². The third-order valence-electron chi connectivity index (χ3n) is 5.34. The van der Waals surface area contributed by atoms with Crippen LogP contribution in [0.5, 0.6) is 0 Å². The van der Waals surface area contributed by atoms with Gasteiger partial charge in [-0.1, -0.05) is 60.7 Å². The summed E-state index contributed by atoms with van der Waals surface area (Å²) in [6.07, 6.45) is 6.32. The van der Waals surface area contributed by atoms with Crippen LogP contribution in [0.25, 0.3) is 44.5 Å². The first-order valence-electron chi connectivity index (χ1n) is 10.4. The fourth-order valence-corrected chi connectivity index (χ4v) is 3.94. The molecular weight excluding hydrogens is 384 g/mol. The zero-order valence-corrected chi connectivity index (χ0v) is 17.0. The van der Waals surface area contributed by atoms with Crippen molar-refractivity contribution < 1.29 is 5.11 Å². The van der Waals surface area contributed by atoms with E-state index in [2.05, 4.69) is 41.4 Å². The number of aromatic nitrogens is 4. The Morgan fingerprint density at radius 3 is 2.06 bits per heavy atom. The minimum Gasteiger partial charge on any atom is -0.396 e. The van der Waals surface area contributed by atoms with Crippen LogP contribution in [0.2, 0.25) is 0 Å². The van der Waals surface area contributed by atoms with Crippen LogP contribution >= 0.6 is 0 Å². The third kappa shape index (κ3) is 3.71. The number of fused-ring (bicyclic) bond motifs is 1. The number of pyridine rings is 2. The van der Waals surface area contributed by atoms with Crippen LogP contribution < -0.4 is 0 Å². The number of aliphatic hydroxyl groups excluding tert-OH is 1. The number of aliphatic hydroxyl groups is 1. The van der Waals surface area contributed by atoms with Crippen molar-refractivity contribution in [2.24, 2.45) is 0 Å². The van der Waals surface area contributed by atoms with E-state index in [9.17, 15) is 5.11 Å². The molecule has 0 saturated heterocycles. The Morgan fingerprint density at radius 2 is 1.39 bits per heavy atom. The van der Waals surface area contributed by atoms with Crippen LogP contribution in [0.15, 0.2) is 91.4 Å². The van der Waals surface area contributed by atoms with E-state index in [1.165, 1.54) is 0 Å². The molecular formula is C26H22N4O. The molecule has 0 bridgehead atoms. The van der Waals surface area contributed by atoms with Gasteiger partial charge in [0, 0.05) is 53.8 Å². The lowest BCUT2D eigenvalue weighted by molar-refractivity contribution is 0.277. The summed E-state index contributed by atoms with van der Waals surface area (Å²) in [5.74, 6) is 0. The highest BCUT2D eigenvalue weighted by Crippen LogP contribution is 2.42. The van der Waals surface area contributed by atoms with Crippen LogP contribution in [0.1, 0.15) is 6.42 Å². The van der Waals surface area contributed by atoms with Gasteiger partial charge in [0.05, 0.1) is 5.69 Å². The molecule has 5 rings (SSSR count). The Kier molecular flexibility index (Phi) is 5.25. The van der Waals surface area contributed by atoms with Crippen molar-refractivity contribution in [1.29, 1.82) is 0 Å². The van der Waals surface area contributed by atoms with Crippen molar-refractivity contribution in [3.8, 4) is 33.5 Å². The molecule has 1 N–H and O–H groups in total. The summed E-state index contributed by atoms with van der Waals surface area (Å²) in [5, 5.41) is 15.0. The van der Waals surface area contributed by atoms with Gasteiger partial charge in [-0.05, 0) is 29.7 Å². The zero-order valence-electron chi connectivity index (χ0n) is 17.0. The summed E-state index contributed by atoms with van der Waals surface area (Å²) in [7, 11) is 0. The number of aryl methyl sites for hydroxylation is 1. The average molecular weight is 406 g/mol. The van der Waals surface area contributed by atoms with Gasteiger partial charge in [0.25, 0.3) is 0 Å². The molecule has 0 radical (unpaired) electrons. The second-order valence-corrected chi connectivity index (χ2v) is 7.38. The Hall–Kier alpha value is -3.83. The fourth-order valence-electron chi connectivity index (χ4n) is 3.94. The maximum Gasteiger partial charge on any atom is 0.182 e. The normalized spacial score (nSPS) is 11.1. The summed E-state index contributed by atoms with van der Waals surface area (Å²) in [4.78, 5) is 9.24. The smallest absolute Gasteiger partial charge is 0.182 e. The van der Waals surface area contributed by atoms with Crippen molar-refractivity contribution in [3.05, 3.63) is 91.4 Å². The van der Waals surface area contributed by atoms with Gasteiger partial charge in [0.2, 0.25) is 0 Å². The van der Waals surface area contributed by atoms with E-state index < -0.39 is 0 Å². The van der Waals surface area contributed by atoms with E-state index in [4.69, 9.17) is 10.1 Å². The fraction of sp³-hybridized carbons (Fsp3) is 0.115. The molecule has 0 unspecified atom stereocenters. The van der Waals surface area contributed by atoms with E-state index in [0.717, 1.165) is 38.9 Å². The Bertz CT molecular complexity index is 1300. The lowest BCUT2D eigenvalue weighted by Crippen LogP contribution is -2.00. The summed E-state index contributed by atoms with van der Waals surface area (Å²) in [5.41, 5.74) is 6.98. The molecule has 0 amide bonds. The molecule has 2 aromatic carbocycles. The highest BCUT2D eigenvalue weighted by Gasteiger charge is 2.21. The summed E-state index contributed by atoms with van der Waals surface area (Å²) < 4.78 is 1.88. The van der Waals surface area contributed by atoms with Gasteiger partial charge in [-0.3, -0.25) is 9.67 Å². The van der Waals surface area contributed by atoms with Crippen molar-refractivity contribution in [3.63, 3.8) is 0 Å². The standard InChI is InChI=1S/C26H22N4O/c31-17-7-16-30-18-22-23(19-8-3-1-4-9-19)24(20-12-14-27-15-13-20)25(28-26(22)29-30)21-10-5-2-6-11-21/h1-6,8-15,18,31H,7,16-17H2. The number of nitrogens with zero attached hydrogens (tertiary/aromatic N) is 4. The molecule has 31 heavy (non-hydrogen) atoms. The molecule has 5 nitrogen and oxygen atoms in total. The van der Waals surface area contributed by atoms with Crippen LogP contribution in [0.3, 0.4) is 0 Å². The maximum absolute atomic E-state index is 9.26. The minimum absolute atomic E-state index is 0.132. The Balaban J connectivity index is 1.89. The molecule has 0 aliphatic rings. The lowest BCUT2D eigenvalue weighted by atomic mass is 9.90. The van der Waals surface area contributed by atoms with Gasteiger partial charge in [0.15, 0.2) is 5.65 Å². The van der Waals surface area contributed by atoms with E-state index in [1.807, 2.05) is 59.7 Å². The van der Waals surface area contributed by atoms with Crippen molar-refractivity contribution in [2.45, 2.75) is 13.0 Å². The summed E-state index contributed by atoms with van der Waals surface area (Å²) >= 11 is 0. The molecule has 3 aromatic heterocycles. The molecule has 0 aliphatic heterocycles. The summed E-state index contributed by atoms with van der Waals surface area (Å²) in [6.45, 7) is 0.777. The predicted octanol–water partition coefficient (Wildman–Crippen LogP) is 5.21. The second-order valence-electron chi connectivity index (χ2n) is 7.38. The largest absolute Gasteiger partial charge is 0.396 e. The van der Waals surface area contributed by atoms with Gasteiger partial charge in [0.1, 0.15) is 0 Å². The number of hydrogen-bond donors (Lipinski definition) is 1. The predicted molar refractivity (Wildman–Crippen MR) is 123 cm³/mol. The molecule has 0 aliphatic carbocycles. The maximum atomic E-state index is 9.26. The van der Waals surface area contributed by atoms with Crippen molar-refractivity contribution in [1.82, 2.24) is 19.7 Å². The van der Waals surface area contributed by atoms with Crippen LogP contribution in [0, 0.1) is 0 Å². The lowest BCUT2D eigenvalue weighted by Gasteiger charge is -2.16. The SMILES string of the molecule is OCCCn1cc2c(-c3ccccc3)c(-c3ccncc3)c(-c3ccccc3)nc2n1. The molecule has 152 valence electrons. The van der Waals surface area contributed by atoms with Gasteiger partial charge >= 0.3 is 0 Å². The van der Waals surface area contributed by atoms with E-state index in [0.29, 0.717) is 18.6 Å². The van der Waals surface area contributed by atoms with E-state index in [-0.39, 0.29) is 6.61 Å². The quantitative estimate of drug-likeness (QED) is 0.420. The van der Waals surface area contributed by atoms with Crippen molar-refractivity contribution >= 4 is 11.0 Å². The Morgan fingerprint density at radius 1 is 0.742 bits per heavy atom. The van der Waals surface area contributed by atoms with Crippen molar-refractivity contribution in [2.75, 3.05) is 6.61 Å². The third-order valence-corrected chi connectivity index (χ3v) is 5.34. The first kappa shape index (κ1) is 19.2. The van der Waals surface area contributed by atoms with Gasteiger partial charge in [-0.15, -0.1) is 0 Å². The molecule has 5 aromatic rings. The van der Waals surface area contributed by atoms with Crippen LogP contribution in [0.4, 0.5) is 0 Å². The highest BCUT2D eigenvalue weighted by molar-refractivity contribution is 6.05. The van der Waals surface area contributed by atoms with E-state index >= 15 is 0 Å². The molecule has 0 saturated carbocycles. The monoisotopic (exact) mass is 406 g/mol.